The third-order valence-electron chi connectivity index (χ3n) is 2.91. The van der Waals surface area contributed by atoms with E-state index in [2.05, 4.69) is 31.6 Å². The van der Waals surface area contributed by atoms with E-state index >= 15 is 0 Å². The first-order chi connectivity index (χ1) is 8.74. The molecule has 3 rings (SSSR count). The minimum Gasteiger partial charge on any atom is -0.308 e. The summed E-state index contributed by atoms with van der Waals surface area (Å²) in [5.41, 5.74) is 1.27. The zero-order chi connectivity index (χ0) is 12.5. The molecular weight excluding hydrogens is 299 g/mol. The Hall–Kier alpha value is -1.27. The zero-order valence-electron chi connectivity index (χ0n) is 9.61. The van der Waals surface area contributed by atoms with Crippen molar-refractivity contribution in [1.82, 2.24) is 20.3 Å². The van der Waals surface area contributed by atoms with Crippen LogP contribution in [0.2, 0.25) is 0 Å². The Balaban J connectivity index is 1.90. The number of hydrogen-bond acceptors (Lipinski definition) is 3. The van der Waals surface area contributed by atoms with Crippen molar-refractivity contribution in [3.63, 3.8) is 0 Å². The molecule has 6 heteroatoms. The van der Waals surface area contributed by atoms with E-state index in [1.54, 1.807) is 18.3 Å². The maximum Gasteiger partial charge on any atom is 0.149 e. The Labute approximate surface area is 112 Å². The number of hydrogen-bond donors (Lipinski definition) is 1. The second kappa shape index (κ2) is 4.78. The van der Waals surface area contributed by atoms with Crippen LogP contribution in [0.25, 0.3) is 5.69 Å². The van der Waals surface area contributed by atoms with E-state index in [9.17, 15) is 4.39 Å². The molecule has 18 heavy (non-hydrogen) atoms. The van der Waals surface area contributed by atoms with Gasteiger partial charge in [-0.1, -0.05) is 21.1 Å². The lowest BCUT2D eigenvalue weighted by Crippen LogP contribution is -2.18. The van der Waals surface area contributed by atoms with Gasteiger partial charge in [0.2, 0.25) is 0 Å². The molecule has 0 unspecified atom stereocenters. The molecule has 94 valence electrons. The van der Waals surface area contributed by atoms with Crippen LogP contribution in [0, 0.1) is 5.82 Å². The summed E-state index contributed by atoms with van der Waals surface area (Å²) in [5.74, 6) is -0.309. The van der Waals surface area contributed by atoms with Crippen molar-refractivity contribution in [2.45, 2.75) is 25.4 Å². The maximum absolute atomic E-state index is 13.8. The van der Waals surface area contributed by atoms with Gasteiger partial charge in [0.05, 0.1) is 11.9 Å². The average molecular weight is 311 g/mol. The Morgan fingerprint density at radius 3 is 3.06 bits per heavy atom. The smallest absolute Gasteiger partial charge is 0.149 e. The van der Waals surface area contributed by atoms with Crippen molar-refractivity contribution < 1.29 is 4.39 Å². The normalized spacial score (nSPS) is 15.0. The second-order valence-electron chi connectivity index (χ2n) is 4.39. The van der Waals surface area contributed by atoms with Crippen molar-refractivity contribution in [3.05, 3.63) is 40.4 Å². The largest absolute Gasteiger partial charge is 0.308 e. The molecule has 2 aromatic rings. The lowest BCUT2D eigenvalue weighted by Gasteiger charge is -2.08. The quantitative estimate of drug-likeness (QED) is 0.943. The molecule has 0 bridgehead atoms. The van der Waals surface area contributed by atoms with Crippen LogP contribution in [-0.4, -0.2) is 21.0 Å². The first-order valence-corrected chi connectivity index (χ1v) is 6.62. The van der Waals surface area contributed by atoms with Crippen molar-refractivity contribution in [3.8, 4) is 5.69 Å². The van der Waals surface area contributed by atoms with E-state index in [1.807, 2.05) is 0 Å². The molecule has 0 amide bonds. The minimum atomic E-state index is -0.309. The number of nitrogens with one attached hydrogen (secondary N) is 1. The number of aromatic nitrogens is 3. The Morgan fingerprint density at radius 1 is 1.44 bits per heavy atom. The van der Waals surface area contributed by atoms with Crippen LogP contribution in [-0.2, 0) is 6.54 Å². The van der Waals surface area contributed by atoms with Crippen LogP contribution in [0.4, 0.5) is 4.39 Å². The predicted octanol–water partition coefficient (Wildman–Crippen LogP) is 2.42. The topological polar surface area (TPSA) is 42.7 Å². The van der Waals surface area contributed by atoms with Crippen molar-refractivity contribution >= 4 is 15.9 Å². The summed E-state index contributed by atoms with van der Waals surface area (Å²) in [4.78, 5) is 0. The summed E-state index contributed by atoms with van der Waals surface area (Å²) in [6, 6.07) is 5.38. The predicted molar refractivity (Wildman–Crippen MR) is 68.9 cm³/mol. The van der Waals surface area contributed by atoms with Gasteiger partial charge in [-0.2, -0.15) is 0 Å². The van der Waals surface area contributed by atoms with E-state index < -0.39 is 0 Å². The highest BCUT2D eigenvalue weighted by Gasteiger charge is 2.21. The van der Waals surface area contributed by atoms with E-state index in [1.165, 1.54) is 23.6 Å². The fourth-order valence-electron chi connectivity index (χ4n) is 1.76. The van der Waals surface area contributed by atoms with Crippen LogP contribution in [0.5, 0.6) is 0 Å². The molecule has 1 aliphatic carbocycles. The molecule has 0 saturated heterocycles. The van der Waals surface area contributed by atoms with Gasteiger partial charge in [-0.05, 0) is 31.0 Å². The van der Waals surface area contributed by atoms with Gasteiger partial charge in [-0.15, -0.1) is 5.10 Å². The molecular formula is C12H12BrFN4. The summed E-state index contributed by atoms with van der Waals surface area (Å²) in [6.07, 6.45) is 4.09. The molecule has 1 aliphatic rings. The van der Waals surface area contributed by atoms with Gasteiger partial charge in [-0.25, -0.2) is 9.07 Å². The van der Waals surface area contributed by atoms with Crippen LogP contribution in [0.15, 0.2) is 28.9 Å². The number of halogens is 2. The highest BCUT2D eigenvalue weighted by atomic mass is 79.9. The van der Waals surface area contributed by atoms with Crippen LogP contribution in [0.1, 0.15) is 18.5 Å². The fourth-order valence-corrected chi connectivity index (χ4v) is 2.11. The van der Waals surface area contributed by atoms with Crippen molar-refractivity contribution in [1.29, 1.82) is 0 Å². The Morgan fingerprint density at radius 2 is 2.28 bits per heavy atom. The lowest BCUT2D eigenvalue weighted by atomic mass is 10.3. The van der Waals surface area contributed by atoms with Crippen molar-refractivity contribution in [2.75, 3.05) is 0 Å². The molecule has 1 saturated carbocycles. The molecule has 0 atom stereocenters. The van der Waals surface area contributed by atoms with E-state index in [4.69, 9.17) is 0 Å². The summed E-state index contributed by atoms with van der Waals surface area (Å²) >= 11 is 3.33. The van der Waals surface area contributed by atoms with Crippen LogP contribution < -0.4 is 5.32 Å². The molecule has 0 spiro atoms. The molecule has 0 aliphatic heterocycles. The fraction of sp³-hybridized carbons (Fsp3) is 0.333. The molecule has 4 nitrogen and oxygen atoms in total. The van der Waals surface area contributed by atoms with Gasteiger partial charge in [0.25, 0.3) is 0 Å². The van der Waals surface area contributed by atoms with Crippen molar-refractivity contribution in [2.24, 2.45) is 0 Å². The summed E-state index contributed by atoms with van der Waals surface area (Å²) in [6.45, 7) is 0.656. The van der Waals surface area contributed by atoms with Gasteiger partial charge < -0.3 is 5.32 Å². The average Bonchev–Trinajstić information content (AvgIpc) is 3.08. The van der Waals surface area contributed by atoms with E-state index in [0.717, 1.165) is 10.2 Å². The highest BCUT2D eigenvalue weighted by molar-refractivity contribution is 9.10. The van der Waals surface area contributed by atoms with Crippen LogP contribution >= 0.6 is 15.9 Å². The minimum absolute atomic E-state index is 0.309. The molecule has 0 radical (unpaired) electrons. The van der Waals surface area contributed by atoms with Gasteiger partial charge in [0.15, 0.2) is 0 Å². The number of benzene rings is 1. The standard InChI is InChI=1S/C12H12BrFN4/c13-8-1-4-11(14)12(5-8)18-10(7-16-17-18)6-15-9-2-3-9/h1,4-5,7,9,15H,2-3,6H2. The first kappa shape index (κ1) is 11.8. The van der Waals surface area contributed by atoms with Gasteiger partial charge in [0, 0.05) is 17.1 Å². The lowest BCUT2D eigenvalue weighted by molar-refractivity contribution is 0.592. The van der Waals surface area contributed by atoms with Gasteiger partial charge >= 0.3 is 0 Å². The molecule has 1 N–H and O–H groups in total. The van der Waals surface area contributed by atoms with E-state index in [0.29, 0.717) is 18.3 Å². The van der Waals surface area contributed by atoms with Gasteiger partial charge in [-0.3, -0.25) is 0 Å². The second-order valence-corrected chi connectivity index (χ2v) is 5.30. The summed E-state index contributed by atoms with van der Waals surface area (Å²) < 4.78 is 16.1. The number of rotatable bonds is 4. The summed E-state index contributed by atoms with van der Waals surface area (Å²) in [7, 11) is 0. The summed E-state index contributed by atoms with van der Waals surface area (Å²) in [5, 5.41) is 11.2. The Kier molecular flexibility index (Phi) is 3.13. The van der Waals surface area contributed by atoms with Gasteiger partial charge in [0.1, 0.15) is 11.5 Å². The SMILES string of the molecule is Fc1ccc(Br)cc1-n1nncc1CNC1CC1. The third-order valence-corrected chi connectivity index (χ3v) is 3.40. The maximum atomic E-state index is 13.8. The highest BCUT2D eigenvalue weighted by Crippen LogP contribution is 2.21. The van der Waals surface area contributed by atoms with E-state index in [-0.39, 0.29) is 5.82 Å². The molecule has 1 aromatic heterocycles. The molecule has 1 aromatic carbocycles. The number of nitrogens with zero attached hydrogens (tertiary/aromatic N) is 3. The molecule has 1 heterocycles. The monoisotopic (exact) mass is 310 g/mol. The van der Waals surface area contributed by atoms with Crippen LogP contribution in [0.3, 0.4) is 0 Å². The third kappa shape index (κ3) is 2.44. The zero-order valence-corrected chi connectivity index (χ0v) is 11.2. The Bertz CT molecular complexity index is 565. The first-order valence-electron chi connectivity index (χ1n) is 5.82. The molecule has 1 fully saturated rings.